The molecule has 1 aromatic rings. The quantitative estimate of drug-likeness (QED) is 0.537. The number of furan rings is 1. The number of unbranched alkanes of at least 4 members (excludes halogenated alkanes) is 1. The first-order chi connectivity index (χ1) is 7.33. The van der Waals surface area contributed by atoms with E-state index in [4.69, 9.17) is 10.3 Å². The summed E-state index contributed by atoms with van der Waals surface area (Å²) in [5.41, 5.74) is 2.87. The summed E-state index contributed by atoms with van der Waals surface area (Å²) < 4.78 is 5.41. The fraction of sp³-hybridized carbons (Fsp3) is 0.667. The average Bonchev–Trinajstić information content (AvgIpc) is 2.77. The highest BCUT2D eigenvalue weighted by atomic mass is 16.3. The second kappa shape index (κ2) is 6.64. The van der Waals surface area contributed by atoms with Gasteiger partial charge >= 0.3 is 0 Å². The zero-order valence-corrected chi connectivity index (χ0v) is 9.70. The highest BCUT2D eigenvalue weighted by molar-refractivity contribution is 5.05. The molecule has 3 nitrogen and oxygen atoms in total. The van der Waals surface area contributed by atoms with Crippen molar-refractivity contribution in [3.8, 4) is 0 Å². The number of hydrogen-bond acceptors (Lipinski definition) is 3. The first-order valence-electron chi connectivity index (χ1n) is 5.83. The minimum absolute atomic E-state index is 0.150. The van der Waals surface area contributed by atoms with Gasteiger partial charge in [-0.05, 0) is 24.5 Å². The Morgan fingerprint density at radius 2 is 2.27 bits per heavy atom. The molecule has 2 atom stereocenters. The fourth-order valence-electron chi connectivity index (χ4n) is 1.99. The molecule has 0 spiro atoms. The zero-order chi connectivity index (χ0) is 11.1. The molecule has 0 radical (unpaired) electrons. The molecule has 0 saturated heterocycles. The van der Waals surface area contributed by atoms with Crippen LogP contribution < -0.4 is 11.3 Å². The van der Waals surface area contributed by atoms with E-state index in [1.807, 2.05) is 12.1 Å². The van der Waals surface area contributed by atoms with E-state index < -0.39 is 0 Å². The Labute approximate surface area is 92.0 Å². The third kappa shape index (κ3) is 3.36. The van der Waals surface area contributed by atoms with Crippen LogP contribution in [0.3, 0.4) is 0 Å². The topological polar surface area (TPSA) is 51.2 Å². The van der Waals surface area contributed by atoms with Gasteiger partial charge in [-0.1, -0.05) is 33.1 Å². The first kappa shape index (κ1) is 12.3. The van der Waals surface area contributed by atoms with E-state index in [0.717, 1.165) is 12.2 Å². The van der Waals surface area contributed by atoms with Crippen molar-refractivity contribution in [3.05, 3.63) is 24.2 Å². The Balaban J connectivity index is 2.62. The third-order valence-corrected chi connectivity index (χ3v) is 2.95. The lowest BCUT2D eigenvalue weighted by molar-refractivity contribution is 0.285. The Hall–Kier alpha value is -0.800. The summed E-state index contributed by atoms with van der Waals surface area (Å²) in [6, 6.07) is 4.04. The van der Waals surface area contributed by atoms with Gasteiger partial charge in [0.1, 0.15) is 5.76 Å². The van der Waals surface area contributed by atoms with Gasteiger partial charge in [-0.3, -0.25) is 5.84 Å². The molecule has 2 unspecified atom stereocenters. The van der Waals surface area contributed by atoms with Gasteiger partial charge in [-0.15, -0.1) is 0 Å². The van der Waals surface area contributed by atoms with E-state index in [0.29, 0.717) is 5.92 Å². The molecule has 1 heterocycles. The monoisotopic (exact) mass is 210 g/mol. The van der Waals surface area contributed by atoms with Gasteiger partial charge in [0.25, 0.3) is 0 Å². The van der Waals surface area contributed by atoms with Crippen LogP contribution in [0.1, 0.15) is 51.3 Å². The maximum Gasteiger partial charge on any atom is 0.122 e. The second-order valence-corrected chi connectivity index (χ2v) is 3.97. The maximum atomic E-state index is 5.60. The van der Waals surface area contributed by atoms with Crippen molar-refractivity contribution in [3.63, 3.8) is 0 Å². The van der Waals surface area contributed by atoms with Crippen LogP contribution in [-0.2, 0) is 0 Å². The molecule has 86 valence electrons. The predicted molar refractivity (Wildman–Crippen MR) is 62.1 cm³/mol. The summed E-state index contributed by atoms with van der Waals surface area (Å²) in [7, 11) is 0. The SMILES string of the molecule is CCCCC(CC)C(NN)c1ccco1. The van der Waals surface area contributed by atoms with Gasteiger partial charge < -0.3 is 4.42 Å². The van der Waals surface area contributed by atoms with Crippen LogP contribution >= 0.6 is 0 Å². The van der Waals surface area contributed by atoms with Gasteiger partial charge in [0.15, 0.2) is 0 Å². The number of hydrazine groups is 1. The van der Waals surface area contributed by atoms with E-state index >= 15 is 0 Å². The summed E-state index contributed by atoms with van der Waals surface area (Å²) >= 11 is 0. The molecule has 0 fully saturated rings. The van der Waals surface area contributed by atoms with Crippen molar-refractivity contribution in [2.45, 2.75) is 45.6 Å². The summed E-state index contributed by atoms with van der Waals surface area (Å²) in [5.74, 6) is 7.10. The summed E-state index contributed by atoms with van der Waals surface area (Å²) in [6.07, 6.45) is 6.49. The molecule has 1 rings (SSSR count). The van der Waals surface area contributed by atoms with Gasteiger partial charge in [-0.25, -0.2) is 5.43 Å². The van der Waals surface area contributed by atoms with Crippen LogP contribution in [0.5, 0.6) is 0 Å². The third-order valence-electron chi connectivity index (χ3n) is 2.95. The summed E-state index contributed by atoms with van der Waals surface area (Å²) in [6.45, 7) is 4.41. The van der Waals surface area contributed by atoms with Gasteiger partial charge in [0.05, 0.1) is 12.3 Å². The number of rotatable bonds is 7. The Bertz CT molecular complexity index is 246. The van der Waals surface area contributed by atoms with Crippen LogP contribution in [0.4, 0.5) is 0 Å². The average molecular weight is 210 g/mol. The number of nitrogens with one attached hydrogen (secondary N) is 1. The fourth-order valence-corrected chi connectivity index (χ4v) is 1.99. The molecule has 0 aromatic carbocycles. The standard InChI is InChI=1S/C12H22N2O/c1-3-5-7-10(4-2)12(14-13)11-8-6-9-15-11/h6,8-10,12,14H,3-5,7,13H2,1-2H3. The molecule has 0 aliphatic carbocycles. The van der Waals surface area contributed by atoms with E-state index in [1.54, 1.807) is 6.26 Å². The van der Waals surface area contributed by atoms with Crippen molar-refractivity contribution in [2.75, 3.05) is 0 Å². The molecule has 3 N–H and O–H groups in total. The highest BCUT2D eigenvalue weighted by Gasteiger charge is 2.22. The van der Waals surface area contributed by atoms with E-state index in [9.17, 15) is 0 Å². The van der Waals surface area contributed by atoms with Crippen molar-refractivity contribution in [1.82, 2.24) is 5.43 Å². The van der Waals surface area contributed by atoms with E-state index in [2.05, 4.69) is 19.3 Å². The molecule has 0 aliphatic heterocycles. The summed E-state index contributed by atoms with van der Waals surface area (Å²) in [5, 5.41) is 0. The van der Waals surface area contributed by atoms with Gasteiger partial charge in [0.2, 0.25) is 0 Å². The van der Waals surface area contributed by atoms with Crippen LogP contribution in [0.2, 0.25) is 0 Å². The van der Waals surface area contributed by atoms with Crippen molar-refractivity contribution in [2.24, 2.45) is 11.8 Å². The molecule has 0 aliphatic rings. The lowest BCUT2D eigenvalue weighted by Crippen LogP contribution is -2.33. The molecule has 15 heavy (non-hydrogen) atoms. The van der Waals surface area contributed by atoms with Crippen molar-refractivity contribution < 1.29 is 4.42 Å². The molecule has 3 heteroatoms. The van der Waals surface area contributed by atoms with Crippen LogP contribution in [0.15, 0.2) is 22.8 Å². The van der Waals surface area contributed by atoms with Crippen LogP contribution in [-0.4, -0.2) is 0 Å². The smallest absolute Gasteiger partial charge is 0.122 e. The second-order valence-electron chi connectivity index (χ2n) is 3.97. The first-order valence-corrected chi connectivity index (χ1v) is 5.83. The number of hydrogen-bond donors (Lipinski definition) is 2. The normalized spacial score (nSPS) is 15.1. The predicted octanol–water partition coefficient (Wildman–Crippen LogP) is 3.00. The van der Waals surface area contributed by atoms with Crippen LogP contribution in [0, 0.1) is 5.92 Å². The Morgan fingerprint density at radius 3 is 2.73 bits per heavy atom. The van der Waals surface area contributed by atoms with E-state index in [1.165, 1.54) is 19.3 Å². The molecule has 1 aromatic heterocycles. The minimum atomic E-state index is 0.150. The van der Waals surface area contributed by atoms with E-state index in [-0.39, 0.29) is 6.04 Å². The Morgan fingerprint density at radius 1 is 1.47 bits per heavy atom. The maximum absolute atomic E-state index is 5.60. The molecule has 0 bridgehead atoms. The zero-order valence-electron chi connectivity index (χ0n) is 9.70. The van der Waals surface area contributed by atoms with Crippen LogP contribution in [0.25, 0.3) is 0 Å². The summed E-state index contributed by atoms with van der Waals surface area (Å²) in [4.78, 5) is 0. The largest absolute Gasteiger partial charge is 0.468 e. The van der Waals surface area contributed by atoms with Gasteiger partial charge in [0, 0.05) is 0 Å². The lowest BCUT2D eigenvalue weighted by Gasteiger charge is -2.23. The number of nitrogens with two attached hydrogens (primary N) is 1. The van der Waals surface area contributed by atoms with Crippen molar-refractivity contribution >= 4 is 0 Å². The minimum Gasteiger partial charge on any atom is -0.468 e. The molecule has 0 amide bonds. The molecular weight excluding hydrogens is 188 g/mol. The molecule has 0 saturated carbocycles. The Kier molecular flexibility index (Phi) is 5.43. The molecular formula is C12H22N2O. The lowest BCUT2D eigenvalue weighted by atomic mass is 9.90. The van der Waals surface area contributed by atoms with Gasteiger partial charge in [-0.2, -0.15) is 0 Å². The van der Waals surface area contributed by atoms with Crippen molar-refractivity contribution in [1.29, 1.82) is 0 Å². The highest BCUT2D eigenvalue weighted by Crippen LogP contribution is 2.28.